The number of hydrogen-bond donors (Lipinski definition) is 0. The normalized spacial score (nSPS) is 37.1. The van der Waals surface area contributed by atoms with Crippen molar-refractivity contribution in [2.24, 2.45) is 0 Å². The third kappa shape index (κ3) is 2.19. The van der Waals surface area contributed by atoms with Crippen molar-refractivity contribution in [2.45, 2.75) is 44.2 Å². The van der Waals surface area contributed by atoms with Gasteiger partial charge < -0.3 is 0 Å². The first-order valence-corrected chi connectivity index (χ1v) is 7.02. The fraction of sp³-hybridized carbons (Fsp3) is 0.818. The Hall–Kier alpha value is 0.620. The summed E-state index contributed by atoms with van der Waals surface area (Å²) >= 11 is 7.41. The summed E-state index contributed by atoms with van der Waals surface area (Å²) in [6.45, 7) is 8.56. The van der Waals surface area contributed by atoms with Gasteiger partial charge >= 0.3 is 0 Å². The first-order chi connectivity index (χ1) is 7.07. The highest BCUT2D eigenvalue weighted by molar-refractivity contribution is 9.07. The Morgan fingerprint density at radius 1 is 1.53 bits per heavy atom. The Bertz CT molecular complexity index is 269. The highest BCUT2D eigenvalue weighted by Gasteiger charge is 2.50. The second-order valence-electron chi connectivity index (χ2n) is 4.81. The van der Waals surface area contributed by atoms with Crippen LogP contribution in [0.3, 0.4) is 0 Å². The molecular formula is C11H18Br2N2. The minimum absolute atomic E-state index is 0.277. The summed E-state index contributed by atoms with van der Waals surface area (Å²) in [6, 6.07) is 0.655. The van der Waals surface area contributed by atoms with Crippen molar-refractivity contribution in [3.05, 3.63) is 12.2 Å². The molecule has 2 bridgehead atoms. The van der Waals surface area contributed by atoms with Crippen LogP contribution in [-0.2, 0) is 0 Å². The monoisotopic (exact) mass is 336 g/mol. The van der Waals surface area contributed by atoms with Crippen molar-refractivity contribution < 1.29 is 0 Å². The number of piperazine rings is 1. The lowest BCUT2D eigenvalue weighted by atomic mass is 9.88. The Kier molecular flexibility index (Phi) is 3.61. The predicted octanol–water partition coefficient (Wildman–Crippen LogP) is 3.48. The second-order valence-corrected chi connectivity index (χ2v) is 6.58. The van der Waals surface area contributed by atoms with Crippen molar-refractivity contribution in [1.29, 1.82) is 0 Å². The predicted molar refractivity (Wildman–Crippen MR) is 71.1 cm³/mol. The molecule has 2 rings (SSSR count). The summed E-state index contributed by atoms with van der Waals surface area (Å²) in [5.41, 5.74) is 1.64. The lowest BCUT2D eigenvalue weighted by molar-refractivity contribution is 0.138. The van der Waals surface area contributed by atoms with Crippen molar-refractivity contribution in [1.82, 2.24) is 7.85 Å². The number of halogens is 2. The molecule has 2 fully saturated rings. The number of fused-ring (bicyclic) bond motifs is 2. The minimum atomic E-state index is 0.277. The number of nitrogens with zero attached hydrogens (tertiary/aromatic N) is 2. The van der Waals surface area contributed by atoms with Crippen LogP contribution in [0.15, 0.2) is 12.2 Å². The Balaban J connectivity index is 2.14. The van der Waals surface area contributed by atoms with Gasteiger partial charge in [0.05, 0.1) is 0 Å². The summed E-state index contributed by atoms with van der Waals surface area (Å²) in [5.74, 6) is 0. The van der Waals surface area contributed by atoms with E-state index >= 15 is 0 Å². The zero-order valence-corrected chi connectivity index (χ0v) is 12.3. The van der Waals surface area contributed by atoms with E-state index in [4.69, 9.17) is 0 Å². The van der Waals surface area contributed by atoms with Crippen LogP contribution < -0.4 is 0 Å². The van der Waals surface area contributed by atoms with Gasteiger partial charge in [-0.2, -0.15) is 0 Å². The van der Waals surface area contributed by atoms with E-state index in [1.54, 1.807) is 0 Å². The van der Waals surface area contributed by atoms with Crippen molar-refractivity contribution in [3.8, 4) is 0 Å². The van der Waals surface area contributed by atoms with Gasteiger partial charge in [-0.1, -0.05) is 19.1 Å². The zero-order valence-electron chi connectivity index (χ0n) is 9.18. The highest BCUT2D eigenvalue weighted by atomic mass is 79.9. The third-order valence-corrected chi connectivity index (χ3v) is 5.54. The Morgan fingerprint density at radius 2 is 2.27 bits per heavy atom. The first-order valence-electron chi connectivity index (χ1n) is 5.60. The summed E-state index contributed by atoms with van der Waals surface area (Å²) in [7, 11) is 0. The van der Waals surface area contributed by atoms with Gasteiger partial charge in [0, 0.05) is 57.0 Å². The molecule has 15 heavy (non-hydrogen) atoms. The van der Waals surface area contributed by atoms with Gasteiger partial charge in [-0.15, -0.1) is 0 Å². The SMILES string of the molecule is C=C(CC)CC12CCC(CN(Br)C1)N2Br. The molecule has 0 aliphatic carbocycles. The molecule has 2 unspecified atom stereocenters. The van der Waals surface area contributed by atoms with Crippen LogP contribution in [0.4, 0.5) is 0 Å². The van der Waals surface area contributed by atoms with Gasteiger partial charge in [0.1, 0.15) is 0 Å². The maximum atomic E-state index is 4.16. The molecule has 0 radical (unpaired) electrons. The van der Waals surface area contributed by atoms with Crippen molar-refractivity contribution >= 4 is 32.3 Å². The van der Waals surface area contributed by atoms with Gasteiger partial charge in [-0.3, -0.25) is 0 Å². The largest absolute Gasteiger partial charge is 0.239 e. The van der Waals surface area contributed by atoms with Gasteiger partial charge in [0.25, 0.3) is 0 Å². The minimum Gasteiger partial charge on any atom is -0.239 e. The van der Waals surface area contributed by atoms with Gasteiger partial charge in [0.15, 0.2) is 0 Å². The molecule has 0 spiro atoms. The molecule has 2 aliphatic rings. The van der Waals surface area contributed by atoms with Gasteiger partial charge in [-0.05, 0) is 25.7 Å². The van der Waals surface area contributed by atoms with Gasteiger partial charge in [0.2, 0.25) is 0 Å². The molecule has 2 aliphatic heterocycles. The first kappa shape index (κ1) is 12.1. The highest BCUT2D eigenvalue weighted by Crippen LogP contribution is 2.45. The molecule has 0 aromatic heterocycles. The van der Waals surface area contributed by atoms with E-state index in [1.165, 1.54) is 18.4 Å². The zero-order chi connectivity index (χ0) is 11.1. The van der Waals surface area contributed by atoms with Crippen molar-refractivity contribution in [3.63, 3.8) is 0 Å². The molecule has 2 nitrogen and oxygen atoms in total. The van der Waals surface area contributed by atoms with Crippen LogP contribution in [0, 0.1) is 0 Å². The van der Waals surface area contributed by atoms with E-state index in [-0.39, 0.29) is 5.54 Å². The average molecular weight is 338 g/mol. The average Bonchev–Trinajstić information content (AvgIpc) is 2.38. The molecular weight excluding hydrogens is 320 g/mol. The van der Waals surface area contributed by atoms with E-state index in [0.29, 0.717) is 6.04 Å². The summed E-state index contributed by atoms with van der Waals surface area (Å²) in [5, 5.41) is 0. The molecule has 2 saturated heterocycles. The van der Waals surface area contributed by atoms with E-state index in [0.717, 1.165) is 25.9 Å². The molecule has 2 atom stereocenters. The molecule has 0 N–H and O–H groups in total. The van der Waals surface area contributed by atoms with E-state index in [2.05, 4.69) is 53.6 Å². The molecule has 86 valence electrons. The number of rotatable bonds is 3. The summed E-state index contributed by atoms with van der Waals surface area (Å²) in [4.78, 5) is 0. The maximum absolute atomic E-state index is 4.16. The molecule has 0 saturated carbocycles. The van der Waals surface area contributed by atoms with Gasteiger partial charge in [-0.25, -0.2) is 7.85 Å². The Morgan fingerprint density at radius 3 is 2.93 bits per heavy atom. The van der Waals surface area contributed by atoms with Crippen molar-refractivity contribution in [2.75, 3.05) is 13.1 Å². The Labute approximate surface area is 109 Å². The molecule has 0 aromatic rings. The third-order valence-electron chi connectivity index (χ3n) is 3.67. The maximum Gasteiger partial charge on any atom is 0.0493 e. The lowest BCUT2D eigenvalue weighted by Crippen LogP contribution is -2.55. The second kappa shape index (κ2) is 4.47. The van der Waals surface area contributed by atoms with Crippen LogP contribution in [0.2, 0.25) is 0 Å². The molecule has 0 amide bonds. The molecule has 4 heteroatoms. The van der Waals surface area contributed by atoms with Crippen LogP contribution >= 0.6 is 32.3 Å². The summed E-state index contributed by atoms with van der Waals surface area (Å²) in [6.07, 6.45) is 4.79. The van der Waals surface area contributed by atoms with Crippen LogP contribution in [0.1, 0.15) is 32.6 Å². The standard InChI is InChI=1S/C11H18Br2N2/c1-3-9(2)6-11-5-4-10(15(11)13)7-14(12)8-11/h10H,2-8H2,1H3. The topological polar surface area (TPSA) is 6.48 Å². The fourth-order valence-corrected chi connectivity index (χ4v) is 4.33. The van der Waals surface area contributed by atoms with E-state index < -0.39 is 0 Å². The van der Waals surface area contributed by atoms with Crippen LogP contribution in [0.5, 0.6) is 0 Å². The summed E-state index contributed by atoms with van der Waals surface area (Å²) < 4.78 is 4.70. The van der Waals surface area contributed by atoms with Crippen LogP contribution in [0.25, 0.3) is 0 Å². The van der Waals surface area contributed by atoms with E-state index in [9.17, 15) is 0 Å². The van der Waals surface area contributed by atoms with E-state index in [1.807, 2.05) is 0 Å². The lowest BCUT2D eigenvalue weighted by Gasteiger charge is -2.44. The molecule has 0 aromatic carbocycles. The molecule has 2 heterocycles. The van der Waals surface area contributed by atoms with Crippen LogP contribution in [-0.4, -0.2) is 32.5 Å². The number of hydrogen-bond acceptors (Lipinski definition) is 2. The fourth-order valence-electron chi connectivity index (χ4n) is 2.78. The smallest absolute Gasteiger partial charge is 0.0493 e. The quantitative estimate of drug-likeness (QED) is 0.574.